The molecule has 0 aliphatic carbocycles. The highest BCUT2D eigenvalue weighted by Gasteiger charge is 2.18. The van der Waals surface area contributed by atoms with Crippen molar-refractivity contribution in [3.63, 3.8) is 0 Å². The van der Waals surface area contributed by atoms with Crippen LogP contribution in [0.4, 0.5) is 4.39 Å². The number of hydrogen-bond acceptors (Lipinski definition) is 3. The number of carbonyl (C=O) groups is 1. The van der Waals surface area contributed by atoms with Crippen molar-refractivity contribution in [2.75, 3.05) is 13.2 Å². The number of halogens is 1. The number of amides is 1. The van der Waals surface area contributed by atoms with E-state index in [0.29, 0.717) is 42.7 Å². The number of fused-ring (bicyclic) bond motifs is 1. The molecule has 0 atom stereocenters. The summed E-state index contributed by atoms with van der Waals surface area (Å²) in [5.74, 6) is 0.324. The molecule has 18 heavy (non-hydrogen) atoms. The first kappa shape index (κ1) is 12.5. The summed E-state index contributed by atoms with van der Waals surface area (Å²) < 4.78 is 17.8. The van der Waals surface area contributed by atoms with Gasteiger partial charge in [-0.25, -0.2) is 9.37 Å². The van der Waals surface area contributed by atoms with Crippen molar-refractivity contribution < 1.29 is 13.9 Å². The van der Waals surface area contributed by atoms with E-state index >= 15 is 0 Å². The van der Waals surface area contributed by atoms with Crippen molar-refractivity contribution in [2.45, 2.75) is 19.8 Å². The van der Waals surface area contributed by atoms with Crippen molar-refractivity contribution in [3.8, 4) is 5.88 Å². The van der Waals surface area contributed by atoms with Crippen LogP contribution < -0.4 is 10.1 Å². The van der Waals surface area contributed by atoms with Gasteiger partial charge < -0.3 is 10.1 Å². The van der Waals surface area contributed by atoms with Gasteiger partial charge in [0, 0.05) is 19.0 Å². The maximum absolute atomic E-state index is 12.4. The molecule has 0 bridgehead atoms. The van der Waals surface area contributed by atoms with Gasteiger partial charge in [-0.1, -0.05) is 6.92 Å². The molecule has 96 valence electrons. The largest absolute Gasteiger partial charge is 0.473 e. The van der Waals surface area contributed by atoms with Gasteiger partial charge in [0.2, 0.25) is 5.88 Å². The fourth-order valence-electron chi connectivity index (χ4n) is 1.73. The normalized spacial score (nSPS) is 15.0. The zero-order valence-corrected chi connectivity index (χ0v) is 10.2. The molecule has 0 saturated carbocycles. The third-order valence-electron chi connectivity index (χ3n) is 2.85. The standard InChI is InChI=1S/C13H15FN2O2/c1-2-9(7-14)8-18-12-4-3-10-11(16-12)5-6-15-13(10)17/h3-4,7H,2,5-6,8H2,1H3,(H,15,17)/b9-7+. The molecule has 0 saturated heterocycles. The highest BCUT2D eigenvalue weighted by molar-refractivity contribution is 5.96. The number of carbonyl (C=O) groups excluding carboxylic acids is 1. The number of nitrogens with zero attached hydrogens (tertiary/aromatic N) is 1. The van der Waals surface area contributed by atoms with Gasteiger partial charge in [0.1, 0.15) is 6.61 Å². The Bertz CT molecular complexity index is 486. The van der Waals surface area contributed by atoms with Crippen LogP contribution in [-0.2, 0) is 6.42 Å². The number of aromatic nitrogens is 1. The number of rotatable bonds is 4. The molecule has 4 nitrogen and oxygen atoms in total. The molecule has 0 unspecified atom stereocenters. The summed E-state index contributed by atoms with van der Waals surface area (Å²) in [5.41, 5.74) is 1.90. The molecular weight excluding hydrogens is 235 g/mol. The molecule has 0 spiro atoms. The second-order valence-corrected chi connectivity index (χ2v) is 4.06. The smallest absolute Gasteiger partial charge is 0.253 e. The Labute approximate surface area is 105 Å². The molecule has 1 aromatic rings. The molecule has 0 aromatic carbocycles. The lowest BCUT2D eigenvalue weighted by Crippen LogP contribution is -2.32. The van der Waals surface area contributed by atoms with Crippen LogP contribution in [0.25, 0.3) is 0 Å². The number of pyridine rings is 1. The van der Waals surface area contributed by atoms with Crippen LogP contribution in [0.15, 0.2) is 24.0 Å². The van der Waals surface area contributed by atoms with Crippen LogP contribution in [0.3, 0.4) is 0 Å². The molecule has 1 aromatic heterocycles. The summed E-state index contributed by atoms with van der Waals surface area (Å²) >= 11 is 0. The average Bonchev–Trinajstić information content (AvgIpc) is 2.40. The quantitative estimate of drug-likeness (QED) is 0.889. The Morgan fingerprint density at radius 1 is 1.61 bits per heavy atom. The highest BCUT2D eigenvalue weighted by atomic mass is 19.1. The summed E-state index contributed by atoms with van der Waals surface area (Å²) in [6.45, 7) is 2.64. The summed E-state index contributed by atoms with van der Waals surface area (Å²) in [4.78, 5) is 15.8. The summed E-state index contributed by atoms with van der Waals surface area (Å²) in [5, 5.41) is 2.75. The lowest BCUT2D eigenvalue weighted by molar-refractivity contribution is 0.0945. The molecule has 2 heterocycles. The van der Waals surface area contributed by atoms with Crippen LogP contribution in [0.1, 0.15) is 29.4 Å². The van der Waals surface area contributed by atoms with Gasteiger partial charge in [0.25, 0.3) is 5.91 Å². The van der Waals surface area contributed by atoms with E-state index in [-0.39, 0.29) is 12.5 Å². The Morgan fingerprint density at radius 3 is 3.17 bits per heavy atom. The zero-order valence-electron chi connectivity index (χ0n) is 10.2. The monoisotopic (exact) mass is 250 g/mol. The third kappa shape index (κ3) is 2.67. The van der Waals surface area contributed by atoms with Crippen LogP contribution in [-0.4, -0.2) is 24.0 Å². The van der Waals surface area contributed by atoms with Gasteiger partial charge in [-0.3, -0.25) is 4.79 Å². The maximum atomic E-state index is 12.4. The van der Waals surface area contributed by atoms with Gasteiger partial charge in [0.15, 0.2) is 0 Å². The molecule has 2 rings (SSSR count). The second kappa shape index (κ2) is 5.62. The molecular formula is C13H15FN2O2. The first-order chi connectivity index (χ1) is 8.74. The number of hydrogen-bond donors (Lipinski definition) is 1. The van der Waals surface area contributed by atoms with E-state index in [2.05, 4.69) is 10.3 Å². The average molecular weight is 250 g/mol. The van der Waals surface area contributed by atoms with Crippen LogP contribution in [0.2, 0.25) is 0 Å². The highest BCUT2D eigenvalue weighted by Crippen LogP contribution is 2.17. The predicted octanol–water partition coefficient (Wildman–Crippen LogP) is 2.01. The van der Waals surface area contributed by atoms with Crippen molar-refractivity contribution in [1.29, 1.82) is 0 Å². The van der Waals surface area contributed by atoms with E-state index < -0.39 is 0 Å². The number of ether oxygens (including phenoxy) is 1. The minimum atomic E-state index is -0.104. The fraction of sp³-hybridized carbons (Fsp3) is 0.385. The number of nitrogens with one attached hydrogen (secondary N) is 1. The molecule has 1 amide bonds. The van der Waals surface area contributed by atoms with Gasteiger partial charge in [-0.05, 0) is 18.1 Å². The van der Waals surface area contributed by atoms with E-state index in [4.69, 9.17) is 4.74 Å². The second-order valence-electron chi connectivity index (χ2n) is 4.06. The Balaban J connectivity index is 2.09. The lowest BCUT2D eigenvalue weighted by Gasteiger charge is -2.16. The molecule has 0 fully saturated rings. The van der Waals surface area contributed by atoms with Crippen molar-refractivity contribution in [2.24, 2.45) is 0 Å². The molecule has 1 aliphatic rings. The van der Waals surface area contributed by atoms with Crippen LogP contribution in [0, 0.1) is 0 Å². The third-order valence-corrected chi connectivity index (χ3v) is 2.85. The molecule has 1 aliphatic heterocycles. The van der Waals surface area contributed by atoms with E-state index in [1.165, 1.54) is 0 Å². The lowest BCUT2D eigenvalue weighted by atomic mass is 10.1. The van der Waals surface area contributed by atoms with E-state index in [9.17, 15) is 9.18 Å². The van der Waals surface area contributed by atoms with Crippen LogP contribution in [0.5, 0.6) is 5.88 Å². The molecule has 1 N–H and O–H groups in total. The van der Waals surface area contributed by atoms with Gasteiger partial charge in [-0.2, -0.15) is 0 Å². The summed E-state index contributed by atoms with van der Waals surface area (Å²) in [6, 6.07) is 3.33. The topological polar surface area (TPSA) is 51.2 Å². The van der Waals surface area contributed by atoms with Gasteiger partial charge in [-0.15, -0.1) is 0 Å². The Kier molecular flexibility index (Phi) is 3.92. The Hall–Kier alpha value is -1.91. The van der Waals surface area contributed by atoms with Crippen molar-refractivity contribution >= 4 is 5.91 Å². The minimum absolute atomic E-state index is 0.104. The summed E-state index contributed by atoms with van der Waals surface area (Å²) in [6.07, 6.45) is 1.85. The fourth-order valence-corrected chi connectivity index (χ4v) is 1.73. The van der Waals surface area contributed by atoms with Gasteiger partial charge in [0.05, 0.1) is 17.6 Å². The molecule has 5 heteroatoms. The maximum Gasteiger partial charge on any atom is 0.253 e. The Morgan fingerprint density at radius 2 is 2.44 bits per heavy atom. The first-order valence-electron chi connectivity index (χ1n) is 5.93. The SMILES string of the molecule is CC/C(=C\F)COc1ccc2c(n1)CCNC2=O. The van der Waals surface area contributed by atoms with E-state index in [0.717, 1.165) is 5.69 Å². The van der Waals surface area contributed by atoms with E-state index in [1.54, 1.807) is 12.1 Å². The van der Waals surface area contributed by atoms with Crippen molar-refractivity contribution in [3.05, 3.63) is 35.3 Å². The molecule has 0 radical (unpaired) electrons. The van der Waals surface area contributed by atoms with Gasteiger partial charge >= 0.3 is 0 Å². The van der Waals surface area contributed by atoms with E-state index in [1.807, 2.05) is 6.92 Å². The summed E-state index contributed by atoms with van der Waals surface area (Å²) in [7, 11) is 0. The minimum Gasteiger partial charge on any atom is -0.473 e. The van der Waals surface area contributed by atoms with Crippen molar-refractivity contribution in [1.82, 2.24) is 10.3 Å². The first-order valence-corrected chi connectivity index (χ1v) is 5.93. The zero-order chi connectivity index (χ0) is 13.0. The predicted molar refractivity (Wildman–Crippen MR) is 65.3 cm³/mol. The van der Waals surface area contributed by atoms with Crippen LogP contribution >= 0.6 is 0 Å².